The average molecular weight is 776 g/mol. The van der Waals surface area contributed by atoms with Crippen LogP contribution in [0.25, 0.3) is 33.4 Å². The van der Waals surface area contributed by atoms with Gasteiger partial charge in [-0.15, -0.1) is 0 Å². The maximum Gasteiger partial charge on any atom is 0.0716 e. The van der Waals surface area contributed by atoms with Gasteiger partial charge in [-0.1, -0.05) is 181 Å². The van der Waals surface area contributed by atoms with Crippen molar-refractivity contribution in [1.82, 2.24) is 0 Å². The van der Waals surface area contributed by atoms with Crippen LogP contribution in [0.4, 0.5) is 17.1 Å². The first kappa shape index (κ1) is 36.9. The van der Waals surface area contributed by atoms with Crippen molar-refractivity contribution < 1.29 is 0 Å². The molecule has 0 aromatic heterocycles. The molecule has 0 saturated carbocycles. The standard InChI is InChI=1S/C59H53N/c1-9-10-22-47-37(2)56(3,4)52-26-17-18-27-53(52)59(47)50-25-16-13-21-43(50)46-34-38(30-33-51(46)59)60(39-28-31-44-41-19-11-14-23-48(41)57(5,6)54(44)35-39)40-29-32-45-42-20-12-15-24-49(42)58(7,8)55(45)36-40/h10-36H,9H2,1-8H3/b22-10-. The Morgan fingerprint density at radius 1 is 0.400 bits per heavy atom. The molecule has 0 fully saturated rings. The molecule has 294 valence electrons. The van der Waals surface area contributed by atoms with Gasteiger partial charge in [-0.2, -0.15) is 0 Å². The van der Waals surface area contributed by atoms with Crippen LogP contribution in [0.15, 0.2) is 175 Å². The van der Waals surface area contributed by atoms with Gasteiger partial charge in [0.05, 0.1) is 5.41 Å². The Labute approximate surface area is 356 Å². The van der Waals surface area contributed by atoms with E-state index in [9.17, 15) is 0 Å². The van der Waals surface area contributed by atoms with Crippen molar-refractivity contribution in [3.8, 4) is 33.4 Å². The molecule has 0 amide bonds. The first-order valence-electron chi connectivity index (χ1n) is 21.9. The Kier molecular flexibility index (Phi) is 7.78. The number of anilines is 3. The molecule has 4 aliphatic carbocycles. The first-order valence-corrected chi connectivity index (χ1v) is 21.9. The van der Waals surface area contributed by atoms with E-state index >= 15 is 0 Å². The van der Waals surface area contributed by atoms with Gasteiger partial charge in [0.1, 0.15) is 0 Å². The van der Waals surface area contributed by atoms with Gasteiger partial charge in [0.15, 0.2) is 0 Å². The average Bonchev–Trinajstić information content (AvgIpc) is 3.78. The van der Waals surface area contributed by atoms with Gasteiger partial charge in [-0.25, -0.2) is 0 Å². The molecule has 0 heterocycles. The lowest BCUT2D eigenvalue weighted by atomic mass is 9.55. The van der Waals surface area contributed by atoms with E-state index in [1.807, 2.05) is 0 Å². The van der Waals surface area contributed by atoms with Crippen molar-refractivity contribution >= 4 is 17.1 Å². The van der Waals surface area contributed by atoms with Gasteiger partial charge in [0, 0.05) is 33.3 Å². The first-order chi connectivity index (χ1) is 28.9. The monoisotopic (exact) mass is 775 g/mol. The minimum Gasteiger partial charge on any atom is -0.310 e. The molecular formula is C59H53N. The summed E-state index contributed by atoms with van der Waals surface area (Å²) in [5.74, 6) is 0. The van der Waals surface area contributed by atoms with Crippen LogP contribution in [0.5, 0.6) is 0 Å². The molecule has 1 heteroatoms. The zero-order valence-corrected chi connectivity index (χ0v) is 36.2. The molecular weight excluding hydrogens is 723 g/mol. The Morgan fingerprint density at radius 2 is 0.817 bits per heavy atom. The maximum atomic E-state index is 2.53. The molecule has 1 atom stereocenters. The smallest absolute Gasteiger partial charge is 0.0716 e. The molecule has 0 aliphatic heterocycles. The normalized spacial score (nSPS) is 19.1. The molecule has 60 heavy (non-hydrogen) atoms. The summed E-state index contributed by atoms with van der Waals surface area (Å²) in [4.78, 5) is 2.53. The van der Waals surface area contributed by atoms with Crippen LogP contribution in [-0.2, 0) is 21.7 Å². The van der Waals surface area contributed by atoms with Crippen molar-refractivity contribution in [3.63, 3.8) is 0 Å². The molecule has 0 bridgehead atoms. The Morgan fingerprint density at radius 3 is 1.37 bits per heavy atom. The molecule has 1 unspecified atom stereocenters. The zero-order valence-electron chi connectivity index (χ0n) is 36.2. The number of hydrogen-bond donors (Lipinski definition) is 0. The van der Waals surface area contributed by atoms with Crippen LogP contribution in [0, 0.1) is 0 Å². The summed E-state index contributed by atoms with van der Waals surface area (Å²) in [5.41, 5.74) is 24.7. The fourth-order valence-electron chi connectivity index (χ4n) is 11.9. The van der Waals surface area contributed by atoms with E-state index in [0.29, 0.717) is 0 Å². The quantitative estimate of drug-likeness (QED) is 0.168. The largest absolute Gasteiger partial charge is 0.310 e. The highest BCUT2D eigenvalue weighted by molar-refractivity contribution is 5.93. The molecule has 11 rings (SSSR count). The summed E-state index contributed by atoms with van der Waals surface area (Å²) in [6.07, 6.45) is 5.80. The lowest BCUT2D eigenvalue weighted by Gasteiger charge is -2.47. The van der Waals surface area contributed by atoms with Crippen LogP contribution < -0.4 is 4.90 Å². The highest BCUT2D eigenvalue weighted by atomic mass is 15.1. The molecule has 1 nitrogen and oxygen atoms in total. The number of fused-ring (bicyclic) bond motifs is 13. The lowest BCUT2D eigenvalue weighted by molar-refractivity contribution is 0.552. The van der Waals surface area contributed by atoms with Crippen molar-refractivity contribution in [2.24, 2.45) is 0 Å². The number of rotatable bonds is 5. The lowest BCUT2D eigenvalue weighted by Crippen LogP contribution is -2.40. The molecule has 0 saturated heterocycles. The van der Waals surface area contributed by atoms with E-state index < -0.39 is 5.41 Å². The Hall–Kier alpha value is -6.18. The summed E-state index contributed by atoms with van der Waals surface area (Å²) >= 11 is 0. The van der Waals surface area contributed by atoms with Gasteiger partial charge >= 0.3 is 0 Å². The fourth-order valence-corrected chi connectivity index (χ4v) is 11.9. The minimum absolute atomic E-state index is 0.105. The predicted molar refractivity (Wildman–Crippen MR) is 253 cm³/mol. The molecule has 0 N–H and O–H groups in total. The highest BCUT2D eigenvalue weighted by Gasteiger charge is 2.53. The van der Waals surface area contributed by atoms with Gasteiger partial charge in [0.25, 0.3) is 0 Å². The third-order valence-corrected chi connectivity index (χ3v) is 15.2. The molecule has 0 radical (unpaired) electrons. The zero-order chi connectivity index (χ0) is 41.3. The summed E-state index contributed by atoms with van der Waals surface area (Å²) in [6.45, 7) is 19.0. The highest BCUT2D eigenvalue weighted by Crippen LogP contribution is 2.63. The summed E-state index contributed by atoms with van der Waals surface area (Å²) in [7, 11) is 0. The molecule has 7 aromatic carbocycles. The van der Waals surface area contributed by atoms with Crippen LogP contribution in [0.2, 0.25) is 0 Å². The van der Waals surface area contributed by atoms with Gasteiger partial charge in [-0.05, 0) is 133 Å². The third kappa shape index (κ3) is 4.70. The van der Waals surface area contributed by atoms with E-state index in [-0.39, 0.29) is 16.2 Å². The van der Waals surface area contributed by atoms with Crippen molar-refractivity contribution in [2.75, 3.05) is 4.90 Å². The number of nitrogens with zero attached hydrogens (tertiary/aromatic N) is 1. The van der Waals surface area contributed by atoms with Gasteiger partial charge < -0.3 is 4.90 Å². The molecule has 4 aliphatic rings. The predicted octanol–water partition coefficient (Wildman–Crippen LogP) is 15.7. The number of allylic oxidation sites excluding steroid dienone is 4. The second-order valence-electron chi connectivity index (χ2n) is 19.2. The summed E-state index contributed by atoms with van der Waals surface area (Å²) < 4.78 is 0. The van der Waals surface area contributed by atoms with Crippen LogP contribution in [-0.4, -0.2) is 0 Å². The van der Waals surface area contributed by atoms with Crippen LogP contribution in [0.3, 0.4) is 0 Å². The Balaban J connectivity index is 1.17. The maximum absolute atomic E-state index is 2.53. The fraction of sp³-hybridized carbons (Fsp3) is 0.220. The second-order valence-corrected chi connectivity index (χ2v) is 19.2. The van der Waals surface area contributed by atoms with Crippen LogP contribution >= 0.6 is 0 Å². The van der Waals surface area contributed by atoms with Crippen molar-refractivity contribution in [2.45, 2.75) is 83.5 Å². The SMILES string of the molecule is CC/C=C\C1=C(C)C(C)(C)c2ccccc2C12c1ccccc1-c1cc(N(c3ccc4c(c3)C(C)(C)c3ccccc3-4)c3ccc4c(c3)C(C)(C)c3ccccc3-4)ccc12. The molecule has 1 spiro atoms. The van der Waals surface area contributed by atoms with Gasteiger partial charge in [0.2, 0.25) is 0 Å². The number of hydrogen-bond acceptors (Lipinski definition) is 1. The van der Waals surface area contributed by atoms with Crippen molar-refractivity contribution in [1.29, 1.82) is 0 Å². The van der Waals surface area contributed by atoms with E-state index in [4.69, 9.17) is 0 Å². The third-order valence-electron chi connectivity index (χ3n) is 15.2. The summed E-state index contributed by atoms with van der Waals surface area (Å²) in [6, 6.07) is 58.2. The van der Waals surface area contributed by atoms with E-state index in [1.165, 1.54) is 100 Å². The van der Waals surface area contributed by atoms with E-state index in [2.05, 4.69) is 224 Å². The van der Waals surface area contributed by atoms with E-state index in [0.717, 1.165) is 12.1 Å². The van der Waals surface area contributed by atoms with Gasteiger partial charge in [-0.3, -0.25) is 0 Å². The molecule has 7 aromatic rings. The Bertz CT molecular complexity index is 2910. The second kappa shape index (κ2) is 12.7. The minimum atomic E-state index is -0.427. The topological polar surface area (TPSA) is 3.24 Å². The van der Waals surface area contributed by atoms with E-state index in [1.54, 1.807) is 0 Å². The van der Waals surface area contributed by atoms with Crippen molar-refractivity contribution in [3.05, 3.63) is 219 Å². The number of benzene rings is 7. The summed E-state index contributed by atoms with van der Waals surface area (Å²) in [5, 5.41) is 0. The van der Waals surface area contributed by atoms with Crippen LogP contribution in [0.1, 0.15) is 106 Å².